The van der Waals surface area contributed by atoms with Gasteiger partial charge in [0.2, 0.25) is 0 Å². The lowest BCUT2D eigenvalue weighted by atomic mass is 9.77. The largest absolute Gasteiger partial charge is 0.489 e. The first-order valence-electron chi connectivity index (χ1n) is 9.67. The number of hydrogen-bond acceptors (Lipinski definition) is 2. The van der Waals surface area contributed by atoms with Crippen LogP contribution in [0.25, 0.3) is 0 Å². The first-order chi connectivity index (χ1) is 13.4. The van der Waals surface area contributed by atoms with Crippen LogP contribution in [0, 0.1) is 5.92 Å². The van der Waals surface area contributed by atoms with Crippen LogP contribution in [-0.4, -0.2) is 0 Å². The maximum Gasteiger partial charge on any atom is 0.119 e. The molecule has 1 heterocycles. The maximum absolute atomic E-state index is 5.94. The van der Waals surface area contributed by atoms with Gasteiger partial charge in [-0.25, -0.2) is 0 Å². The van der Waals surface area contributed by atoms with Crippen LogP contribution in [0.1, 0.15) is 35.1 Å². The Hall–Kier alpha value is -3.00. The fourth-order valence-electron chi connectivity index (χ4n) is 4.39. The molecule has 0 unspecified atom stereocenters. The fraction of sp³-hybridized carbons (Fsp3) is 0.200. The summed E-state index contributed by atoms with van der Waals surface area (Å²) in [6.07, 6.45) is 5.85. The summed E-state index contributed by atoms with van der Waals surface area (Å²) in [6, 6.07) is 27.9. The van der Waals surface area contributed by atoms with Gasteiger partial charge in [0, 0.05) is 11.6 Å². The Morgan fingerprint density at radius 2 is 1.63 bits per heavy atom. The quantitative estimate of drug-likeness (QED) is 0.573. The first kappa shape index (κ1) is 16.2. The number of para-hydroxylation sites is 1. The molecule has 0 bridgehead atoms. The summed E-state index contributed by atoms with van der Waals surface area (Å²) in [6.45, 7) is 0.601. The van der Waals surface area contributed by atoms with E-state index in [2.05, 4.69) is 78.1 Å². The van der Waals surface area contributed by atoms with Gasteiger partial charge >= 0.3 is 0 Å². The Balaban J connectivity index is 1.34. The van der Waals surface area contributed by atoms with Crippen LogP contribution in [-0.2, 0) is 6.61 Å². The van der Waals surface area contributed by atoms with E-state index in [1.54, 1.807) is 0 Å². The normalized spacial score (nSPS) is 22.6. The lowest BCUT2D eigenvalue weighted by Crippen LogP contribution is -2.28. The average Bonchev–Trinajstić information content (AvgIpc) is 3.23. The summed E-state index contributed by atoms with van der Waals surface area (Å²) >= 11 is 0. The third-order valence-electron chi connectivity index (χ3n) is 5.76. The minimum atomic E-state index is 0.336. The summed E-state index contributed by atoms with van der Waals surface area (Å²) in [5, 5.41) is 3.78. The molecule has 3 aromatic rings. The predicted molar refractivity (Wildman–Crippen MR) is 110 cm³/mol. The minimum Gasteiger partial charge on any atom is -0.489 e. The van der Waals surface area contributed by atoms with Gasteiger partial charge in [0.1, 0.15) is 12.4 Å². The molecule has 1 N–H and O–H groups in total. The molecule has 2 aliphatic rings. The van der Waals surface area contributed by atoms with E-state index in [0.29, 0.717) is 24.5 Å². The molecule has 0 saturated heterocycles. The molecule has 0 spiro atoms. The highest BCUT2D eigenvalue weighted by atomic mass is 16.5. The summed E-state index contributed by atoms with van der Waals surface area (Å²) in [4.78, 5) is 0. The second-order valence-electron chi connectivity index (χ2n) is 7.41. The molecule has 27 heavy (non-hydrogen) atoms. The van der Waals surface area contributed by atoms with Gasteiger partial charge in [-0.05, 0) is 47.2 Å². The highest BCUT2D eigenvalue weighted by Crippen LogP contribution is 2.49. The molecule has 2 nitrogen and oxygen atoms in total. The van der Waals surface area contributed by atoms with Crippen LogP contribution in [0.15, 0.2) is 91.0 Å². The van der Waals surface area contributed by atoms with Crippen LogP contribution in [0.2, 0.25) is 0 Å². The molecule has 3 aromatic carbocycles. The molecule has 0 saturated carbocycles. The highest BCUT2D eigenvalue weighted by molar-refractivity contribution is 5.59. The van der Waals surface area contributed by atoms with Gasteiger partial charge in [0.15, 0.2) is 0 Å². The Morgan fingerprint density at radius 1 is 0.852 bits per heavy atom. The van der Waals surface area contributed by atoms with Crippen LogP contribution in [0.3, 0.4) is 0 Å². The van der Waals surface area contributed by atoms with Crippen molar-refractivity contribution in [3.63, 3.8) is 0 Å². The number of benzene rings is 3. The van der Waals surface area contributed by atoms with E-state index in [9.17, 15) is 0 Å². The van der Waals surface area contributed by atoms with E-state index in [1.807, 2.05) is 18.2 Å². The van der Waals surface area contributed by atoms with Crippen molar-refractivity contribution in [2.75, 3.05) is 5.32 Å². The zero-order valence-electron chi connectivity index (χ0n) is 15.2. The number of allylic oxidation sites excluding steroid dienone is 2. The van der Waals surface area contributed by atoms with Gasteiger partial charge in [0.25, 0.3) is 0 Å². The number of nitrogens with one attached hydrogen (secondary N) is 1. The monoisotopic (exact) mass is 353 g/mol. The van der Waals surface area contributed by atoms with Gasteiger partial charge in [-0.2, -0.15) is 0 Å². The van der Waals surface area contributed by atoms with Gasteiger partial charge in [0.05, 0.1) is 6.04 Å². The molecule has 0 fully saturated rings. The Labute approximate surface area is 160 Å². The third kappa shape index (κ3) is 3.12. The molecule has 0 radical (unpaired) electrons. The Kier molecular flexibility index (Phi) is 4.17. The lowest BCUT2D eigenvalue weighted by molar-refractivity contribution is 0.306. The molecular weight excluding hydrogens is 330 g/mol. The van der Waals surface area contributed by atoms with E-state index in [-0.39, 0.29) is 0 Å². The van der Waals surface area contributed by atoms with Crippen molar-refractivity contribution in [3.8, 4) is 5.75 Å². The molecule has 0 amide bonds. The molecule has 1 aliphatic heterocycles. The van der Waals surface area contributed by atoms with Crippen LogP contribution >= 0.6 is 0 Å². The van der Waals surface area contributed by atoms with E-state index in [0.717, 1.165) is 12.2 Å². The van der Waals surface area contributed by atoms with Crippen LogP contribution in [0.5, 0.6) is 5.75 Å². The van der Waals surface area contributed by atoms with Crippen molar-refractivity contribution in [2.45, 2.75) is 25.0 Å². The second-order valence-corrected chi connectivity index (χ2v) is 7.41. The number of hydrogen-bond donors (Lipinski definition) is 1. The van der Waals surface area contributed by atoms with E-state index >= 15 is 0 Å². The number of rotatable bonds is 4. The van der Waals surface area contributed by atoms with Crippen molar-refractivity contribution in [1.82, 2.24) is 0 Å². The zero-order chi connectivity index (χ0) is 18.1. The van der Waals surface area contributed by atoms with E-state index < -0.39 is 0 Å². The predicted octanol–water partition coefficient (Wildman–Crippen LogP) is 6.09. The summed E-state index contributed by atoms with van der Waals surface area (Å²) < 4.78 is 5.94. The summed E-state index contributed by atoms with van der Waals surface area (Å²) in [5.41, 5.74) is 5.21. The van der Waals surface area contributed by atoms with Gasteiger partial charge in [-0.1, -0.05) is 72.8 Å². The van der Waals surface area contributed by atoms with Crippen molar-refractivity contribution in [3.05, 3.63) is 108 Å². The summed E-state index contributed by atoms with van der Waals surface area (Å²) in [5.74, 6) is 2.01. The molecule has 5 rings (SSSR count). The van der Waals surface area contributed by atoms with E-state index in [1.165, 1.54) is 22.4 Å². The number of fused-ring (bicyclic) bond motifs is 3. The average molecular weight is 353 g/mol. The minimum absolute atomic E-state index is 0.336. The Bertz CT molecular complexity index is 946. The first-order valence-corrected chi connectivity index (χ1v) is 9.67. The smallest absolute Gasteiger partial charge is 0.119 e. The van der Waals surface area contributed by atoms with Crippen molar-refractivity contribution >= 4 is 5.69 Å². The molecule has 2 heteroatoms. The fourth-order valence-corrected chi connectivity index (χ4v) is 4.39. The number of ether oxygens (including phenoxy) is 1. The number of anilines is 1. The van der Waals surface area contributed by atoms with Crippen LogP contribution < -0.4 is 10.1 Å². The standard InChI is InChI=1S/C25H23NO/c1-2-7-18(8-3-1)17-27-20-15-13-19(14-16-20)25-23-11-6-10-21(23)22-9-4-5-12-24(22)26-25/h1-10,12-16,21,23,25-26H,11,17H2/t21-,23-,25-/m0/s1. The Morgan fingerprint density at radius 3 is 2.48 bits per heavy atom. The van der Waals surface area contributed by atoms with E-state index in [4.69, 9.17) is 4.74 Å². The molecule has 3 atom stereocenters. The molecule has 134 valence electrons. The van der Waals surface area contributed by atoms with Crippen molar-refractivity contribution < 1.29 is 4.74 Å². The van der Waals surface area contributed by atoms with Gasteiger partial charge in [-0.3, -0.25) is 0 Å². The van der Waals surface area contributed by atoms with Crippen molar-refractivity contribution in [1.29, 1.82) is 0 Å². The SMILES string of the molecule is C1=C[C@H]2c3ccccc3N[C@@H](c3ccc(OCc4ccccc4)cc3)[C@H]2C1. The molecule has 1 aliphatic carbocycles. The maximum atomic E-state index is 5.94. The zero-order valence-corrected chi connectivity index (χ0v) is 15.2. The molecular formula is C25H23NO. The topological polar surface area (TPSA) is 21.3 Å². The molecule has 0 aromatic heterocycles. The summed E-state index contributed by atoms with van der Waals surface area (Å²) in [7, 11) is 0. The highest BCUT2D eigenvalue weighted by Gasteiger charge is 2.37. The van der Waals surface area contributed by atoms with Crippen molar-refractivity contribution in [2.24, 2.45) is 5.92 Å². The van der Waals surface area contributed by atoms with Gasteiger partial charge in [-0.15, -0.1) is 0 Å². The third-order valence-corrected chi connectivity index (χ3v) is 5.76. The van der Waals surface area contributed by atoms with Crippen LogP contribution in [0.4, 0.5) is 5.69 Å². The van der Waals surface area contributed by atoms with Gasteiger partial charge < -0.3 is 10.1 Å². The lowest BCUT2D eigenvalue weighted by Gasteiger charge is -2.37. The second kappa shape index (κ2) is 6.96.